The van der Waals surface area contributed by atoms with Crippen molar-refractivity contribution in [1.82, 2.24) is 14.9 Å². The number of benzene rings is 1. The summed E-state index contributed by atoms with van der Waals surface area (Å²) in [6, 6.07) is 9.46. The second-order valence-electron chi connectivity index (χ2n) is 7.49. The zero-order chi connectivity index (χ0) is 18.1. The van der Waals surface area contributed by atoms with Crippen LogP contribution in [0, 0.1) is 18.3 Å². The monoisotopic (exact) mass is 352 g/mol. The number of nitrogens with one attached hydrogen (secondary N) is 1. The molecule has 1 aliphatic heterocycles. The molecule has 2 atom stereocenters. The molecule has 6 nitrogen and oxygen atoms in total. The smallest absolute Gasteiger partial charge is 0.321 e. The Morgan fingerprint density at radius 1 is 1.42 bits per heavy atom. The van der Waals surface area contributed by atoms with Crippen molar-refractivity contribution in [3.05, 3.63) is 42.4 Å². The van der Waals surface area contributed by atoms with Gasteiger partial charge in [-0.1, -0.05) is 18.6 Å². The number of aryl methyl sites for hydroxylation is 1. The van der Waals surface area contributed by atoms with Crippen molar-refractivity contribution in [3.63, 3.8) is 0 Å². The Bertz CT molecular complexity index is 825. The Morgan fingerprint density at radius 2 is 2.31 bits per heavy atom. The third kappa shape index (κ3) is 3.05. The van der Waals surface area contributed by atoms with Gasteiger partial charge in [0, 0.05) is 36.0 Å². The fraction of sp³-hybridized carbons (Fsp3) is 0.450. The van der Waals surface area contributed by atoms with E-state index in [1.807, 2.05) is 42.2 Å². The average molecular weight is 352 g/mol. The SMILES string of the molecule is Cc1nccc(-c2cccc(NC(=O)N3C[C@H]4CCC[C@@]4(CO)C3)c2)n1. The first-order valence-corrected chi connectivity index (χ1v) is 9.16. The number of likely N-dealkylation sites (tertiary alicyclic amines) is 1. The lowest BCUT2D eigenvalue weighted by Crippen LogP contribution is -2.36. The van der Waals surface area contributed by atoms with Crippen molar-refractivity contribution < 1.29 is 9.90 Å². The maximum absolute atomic E-state index is 12.7. The lowest BCUT2D eigenvalue weighted by Gasteiger charge is -2.25. The van der Waals surface area contributed by atoms with Crippen LogP contribution in [0.4, 0.5) is 10.5 Å². The molecule has 6 heteroatoms. The molecule has 0 bridgehead atoms. The van der Waals surface area contributed by atoms with E-state index in [1.54, 1.807) is 6.20 Å². The Morgan fingerprint density at radius 3 is 3.08 bits per heavy atom. The van der Waals surface area contributed by atoms with Gasteiger partial charge in [0.05, 0.1) is 12.3 Å². The van der Waals surface area contributed by atoms with Gasteiger partial charge < -0.3 is 15.3 Å². The number of hydrogen-bond donors (Lipinski definition) is 2. The van der Waals surface area contributed by atoms with E-state index in [1.165, 1.54) is 0 Å². The molecule has 2 aliphatic rings. The Labute approximate surface area is 153 Å². The highest BCUT2D eigenvalue weighted by atomic mass is 16.3. The number of aliphatic hydroxyl groups is 1. The molecule has 136 valence electrons. The van der Waals surface area contributed by atoms with Gasteiger partial charge >= 0.3 is 6.03 Å². The summed E-state index contributed by atoms with van der Waals surface area (Å²) < 4.78 is 0. The lowest BCUT2D eigenvalue weighted by molar-refractivity contribution is 0.114. The minimum atomic E-state index is -0.0942. The van der Waals surface area contributed by atoms with Gasteiger partial charge in [-0.3, -0.25) is 0 Å². The molecule has 2 amide bonds. The van der Waals surface area contributed by atoms with Crippen molar-refractivity contribution in [2.24, 2.45) is 11.3 Å². The maximum Gasteiger partial charge on any atom is 0.321 e. The van der Waals surface area contributed by atoms with E-state index in [2.05, 4.69) is 15.3 Å². The highest BCUT2D eigenvalue weighted by Crippen LogP contribution is 2.48. The third-order valence-corrected chi connectivity index (χ3v) is 5.83. The number of fused-ring (bicyclic) bond motifs is 1. The van der Waals surface area contributed by atoms with Gasteiger partial charge in [-0.25, -0.2) is 14.8 Å². The molecule has 1 aromatic heterocycles. The number of carbonyl (C=O) groups is 1. The molecule has 1 saturated heterocycles. The second-order valence-corrected chi connectivity index (χ2v) is 7.49. The standard InChI is InChI=1S/C20H24N4O2/c1-14-21-9-7-18(22-14)15-4-2-6-17(10-15)23-19(26)24-11-16-5-3-8-20(16,12-24)13-25/h2,4,6-7,9-10,16,25H,3,5,8,11-13H2,1H3,(H,23,26)/t16-,20+/m1/s1. The summed E-state index contributed by atoms with van der Waals surface area (Å²) in [5.41, 5.74) is 2.44. The zero-order valence-electron chi connectivity index (χ0n) is 15.0. The van der Waals surface area contributed by atoms with Crippen LogP contribution in [0.15, 0.2) is 36.5 Å². The number of aliphatic hydroxyl groups excluding tert-OH is 1. The van der Waals surface area contributed by atoms with Gasteiger partial charge in [0.25, 0.3) is 0 Å². The van der Waals surface area contributed by atoms with E-state index in [0.29, 0.717) is 12.5 Å². The number of anilines is 1. The van der Waals surface area contributed by atoms with Gasteiger partial charge in [0.2, 0.25) is 0 Å². The number of hydrogen-bond acceptors (Lipinski definition) is 4. The molecule has 2 heterocycles. The fourth-order valence-corrected chi connectivity index (χ4v) is 4.40. The molecule has 0 spiro atoms. The Hall–Kier alpha value is -2.47. The number of amides is 2. The molecule has 0 radical (unpaired) electrons. The van der Waals surface area contributed by atoms with Crippen molar-refractivity contribution >= 4 is 11.7 Å². The average Bonchev–Trinajstić information content (AvgIpc) is 3.19. The highest BCUT2D eigenvalue weighted by Gasteiger charge is 2.50. The van der Waals surface area contributed by atoms with E-state index < -0.39 is 0 Å². The lowest BCUT2D eigenvalue weighted by atomic mass is 9.82. The van der Waals surface area contributed by atoms with Crippen molar-refractivity contribution in [1.29, 1.82) is 0 Å². The molecule has 1 aliphatic carbocycles. The highest BCUT2D eigenvalue weighted by molar-refractivity contribution is 5.90. The number of aromatic nitrogens is 2. The van der Waals surface area contributed by atoms with Crippen LogP contribution in [0.1, 0.15) is 25.1 Å². The number of carbonyl (C=O) groups excluding carboxylic acids is 1. The quantitative estimate of drug-likeness (QED) is 0.890. The Kier molecular flexibility index (Phi) is 4.36. The predicted molar refractivity (Wildman–Crippen MR) is 99.7 cm³/mol. The van der Waals surface area contributed by atoms with Crippen LogP contribution in [0.3, 0.4) is 0 Å². The minimum absolute atomic E-state index is 0.0856. The number of nitrogens with zero attached hydrogens (tertiary/aromatic N) is 3. The maximum atomic E-state index is 12.7. The molecular formula is C20H24N4O2. The summed E-state index contributed by atoms with van der Waals surface area (Å²) in [6.07, 6.45) is 5.01. The van der Waals surface area contributed by atoms with Crippen molar-refractivity contribution in [3.8, 4) is 11.3 Å². The second kappa shape index (κ2) is 6.68. The first-order valence-electron chi connectivity index (χ1n) is 9.16. The molecule has 0 unspecified atom stereocenters. The largest absolute Gasteiger partial charge is 0.396 e. The molecule has 2 fully saturated rings. The first-order chi connectivity index (χ1) is 12.6. The molecule has 2 N–H and O–H groups in total. The molecule has 4 rings (SSSR count). The minimum Gasteiger partial charge on any atom is -0.396 e. The van der Waals surface area contributed by atoms with Crippen LogP contribution in [0.25, 0.3) is 11.3 Å². The van der Waals surface area contributed by atoms with Crippen molar-refractivity contribution in [2.45, 2.75) is 26.2 Å². The van der Waals surface area contributed by atoms with Crippen LogP contribution < -0.4 is 5.32 Å². The molecule has 2 aromatic rings. The first kappa shape index (κ1) is 17.0. The molecule has 1 aromatic carbocycles. The van der Waals surface area contributed by atoms with E-state index in [4.69, 9.17) is 0 Å². The summed E-state index contributed by atoms with van der Waals surface area (Å²) in [7, 11) is 0. The summed E-state index contributed by atoms with van der Waals surface area (Å²) in [5, 5.41) is 12.8. The fourth-order valence-electron chi connectivity index (χ4n) is 4.40. The van der Waals surface area contributed by atoms with E-state index >= 15 is 0 Å². The van der Waals surface area contributed by atoms with Crippen LogP contribution >= 0.6 is 0 Å². The van der Waals surface area contributed by atoms with Crippen LogP contribution in [0.2, 0.25) is 0 Å². The van der Waals surface area contributed by atoms with Crippen LogP contribution in [0.5, 0.6) is 0 Å². The van der Waals surface area contributed by atoms with Crippen molar-refractivity contribution in [2.75, 3.05) is 25.0 Å². The van der Waals surface area contributed by atoms with Crippen LogP contribution in [-0.2, 0) is 0 Å². The zero-order valence-corrected chi connectivity index (χ0v) is 15.0. The Balaban J connectivity index is 1.48. The summed E-state index contributed by atoms with van der Waals surface area (Å²) in [5.74, 6) is 1.14. The number of rotatable bonds is 3. The molecule has 1 saturated carbocycles. The summed E-state index contributed by atoms with van der Waals surface area (Å²) in [4.78, 5) is 23.1. The normalized spacial score (nSPS) is 24.5. The summed E-state index contributed by atoms with van der Waals surface area (Å²) in [6.45, 7) is 3.41. The van der Waals surface area contributed by atoms with Crippen LogP contribution in [-0.4, -0.2) is 45.7 Å². The van der Waals surface area contributed by atoms with E-state index in [0.717, 1.165) is 48.6 Å². The van der Waals surface area contributed by atoms with E-state index in [9.17, 15) is 9.90 Å². The predicted octanol–water partition coefficient (Wildman–Crippen LogP) is 3.08. The van der Waals surface area contributed by atoms with Gasteiger partial charge in [0.1, 0.15) is 5.82 Å². The van der Waals surface area contributed by atoms with E-state index in [-0.39, 0.29) is 18.1 Å². The van der Waals surface area contributed by atoms with Gasteiger partial charge in [-0.15, -0.1) is 0 Å². The van der Waals surface area contributed by atoms with Gasteiger partial charge in [-0.2, -0.15) is 0 Å². The number of urea groups is 1. The molecule has 26 heavy (non-hydrogen) atoms. The third-order valence-electron chi connectivity index (χ3n) is 5.83. The van der Waals surface area contributed by atoms with Gasteiger partial charge in [-0.05, 0) is 43.9 Å². The summed E-state index contributed by atoms with van der Waals surface area (Å²) >= 11 is 0. The van der Waals surface area contributed by atoms with Gasteiger partial charge in [0.15, 0.2) is 0 Å². The topological polar surface area (TPSA) is 78.4 Å². The molecular weight excluding hydrogens is 328 g/mol.